The highest BCUT2D eigenvalue weighted by Crippen LogP contribution is 2.24. The molecule has 0 spiro atoms. The second-order valence-electron chi connectivity index (χ2n) is 9.93. The van der Waals surface area contributed by atoms with E-state index in [2.05, 4.69) is 25.9 Å². The monoisotopic (exact) mass is 523 g/mol. The number of nitrogens with one attached hydrogen (secondary N) is 3. The molecule has 0 bridgehead atoms. The predicted molar refractivity (Wildman–Crippen MR) is 164 cm³/mol. The van der Waals surface area contributed by atoms with Gasteiger partial charge in [0, 0.05) is 51.7 Å². The summed E-state index contributed by atoms with van der Waals surface area (Å²) in [6.45, 7) is 11.1. The summed E-state index contributed by atoms with van der Waals surface area (Å²) < 4.78 is 0. The molecule has 7 heteroatoms. The lowest BCUT2D eigenvalue weighted by Crippen LogP contribution is -2.17. The molecule has 0 aliphatic carbocycles. The van der Waals surface area contributed by atoms with Crippen LogP contribution in [0.4, 0.5) is 34.1 Å². The van der Waals surface area contributed by atoms with Crippen molar-refractivity contribution >= 4 is 57.4 Å². The number of anilines is 5. The fourth-order valence-electron chi connectivity index (χ4n) is 3.34. The predicted octanol–water partition coefficient (Wildman–Crippen LogP) is 8.06. The lowest BCUT2D eigenvalue weighted by molar-refractivity contribution is -0.120. The third-order valence-corrected chi connectivity index (χ3v) is 5.66. The number of hydrogen-bond acceptors (Lipinski definition) is 5. The SMILES string of the molecule is CC(C=CC(C)=Nc1ccc(Nc2ccc(Nc3ccc(NC(=O)C(C)C)cc3)cc2)cc1)=NC(=O)C(C)C. The third-order valence-electron chi connectivity index (χ3n) is 5.66. The van der Waals surface area contributed by atoms with Gasteiger partial charge in [-0.3, -0.25) is 14.6 Å². The molecule has 0 aliphatic heterocycles. The van der Waals surface area contributed by atoms with Crippen LogP contribution >= 0.6 is 0 Å². The summed E-state index contributed by atoms with van der Waals surface area (Å²) in [6.07, 6.45) is 3.66. The third kappa shape index (κ3) is 9.70. The van der Waals surface area contributed by atoms with E-state index in [9.17, 15) is 9.59 Å². The van der Waals surface area contributed by atoms with Gasteiger partial charge in [0.25, 0.3) is 0 Å². The van der Waals surface area contributed by atoms with Gasteiger partial charge in [0.05, 0.1) is 5.69 Å². The molecule has 0 saturated carbocycles. The molecule has 39 heavy (non-hydrogen) atoms. The molecule has 2 amide bonds. The lowest BCUT2D eigenvalue weighted by Gasteiger charge is -2.11. The smallest absolute Gasteiger partial charge is 0.248 e. The molecule has 3 aromatic carbocycles. The number of aliphatic imine (C=N–C) groups is 2. The van der Waals surface area contributed by atoms with Crippen molar-refractivity contribution < 1.29 is 9.59 Å². The number of carbonyl (C=O) groups excluding carboxylic acids is 2. The summed E-state index contributed by atoms with van der Waals surface area (Å²) >= 11 is 0. The Hall–Kier alpha value is -4.52. The Kier molecular flexibility index (Phi) is 10.3. The minimum atomic E-state index is -0.125. The molecule has 0 aromatic heterocycles. The van der Waals surface area contributed by atoms with Crippen molar-refractivity contribution in [3.05, 3.63) is 84.9 Å². The van der Waals surface area contributed by atoms with Gasteiger partial charge in [-0.1, -0.05) is 27.7 Å². The van der Waals surface area contributed by atoms with Crippen LogP contribution in [-0.4, -0.2) is 23.2 Å². The number of amides is 2. The van der Waals surface area contributed by atoms with Crippen molar-refractivity contribution in [2.45, 2.75) is 41.5 Å². The van der Waals surface area contributed by atoms with Crippen molar-refractivity contribution in [1.29, 1.82) is 0 Å². The lowest BCUT2D eigenvalue weighted by atomic mass is 10.2. The van der Waals surface area contributed by atoms with Crippen LogP contribution in [0.15, 0.2) is 94.9 Å². The Balaban J connectivity index is 1.54. The highest BCUT2D eigenvalue weighted by atomic mass is 16.2. The Morgan fingerprint density at radius 1 is 0.615 bits per heavy atom. The summed E-state index contributed by atoms with van der Waals surface area (Å²) in [5, 5.41) is 9.66. The van der Waals surface area contributed by atoms with Gasteiger partial charge in [-0.25, -0.2) is 4.99 Å². The van der Waals surface area contributed by atoms with Gasteiger partial charge in [0.15, 0.2) is 0 Å². The summed E-state index contributed by atoms with van der Waals surface area (Å²) in [5.74, 6) is -0.293. The zero-order chi connectivity index (χ0) is 28.4. The number of allylic oxidation sites excluding steroid dienone is 2. The number of hydrogen-bond donors (Lipinski definition) is 3. The van der Waals surface area contributed by atoms with Crippen molar-refractivity contribution in [2.75, 3.05) is 16.0 Å². The van der Waals surface area contributed by atoms with Gasteiger partial charge in [0.2, 0.25) is 11.8 Å². The number of nitrogens with zero attached hydrogens (tertiary/aromatic N) is 2. The Bertz CT molecular complexity index is 1350. The molecule has 0 saturated heterocycles. The average Bonchev–Trinajstić information content (AvgIpc) is 2.90. The normalized spacial score (nSPS) is 12.2. The highest BCUT2D eigenvalue weighted by Gasteiger charge is 2.07. The highest BCUT2D eigenvalue weighted by molar-refractivity contribution is 6.06. The maximum atomic E-state index is 11.8. The van der Waals surface area contributed by atoms with Crippen LogP contribution in [0, 0.1) is 11.8 Å². The molecule has 0 heterocycles. The first-order valence-corrected chi connectivity index (χ1v) is 13.1. The molecular formula is C32H37N5O2. The maximum absolute atomic E-state index is 11.8. The standard InChI is InChI=1S/C32H37N5O2/c1-21(2)31(38)34-24(6)8-7-23(5)33-25-9-11-26(12-10-25)35-27-13-15-28(16-14-27)36-29-17-19-30(20-18-29)37-32(39)22(3)4/h7-22,35-36H,1-6H3,(H,37,39). The molecule has 202 valence electrons. The summed E-state index contributed by atoms with van der Waals surface area (Å²) in [4.78, 5) is 32.2. The molecule has 0 fully saturated rings. The minimum absolute atomic E-state index is 0.00139. The maximum Gasteiger partial charge on any atom is 0.248 e. The first kappa shape index (κ1) is 29.0. The summed E-state index contributed by atoms with van der Waals surface area (Å²) in [6, 6.07) is 23.5. The van der Waals surface area contributed by atoms with E-state index in [-0.39, 0.29) is 23.7 Å². The molecule has 0 unspecified atom stereocenters. The van der Waals surface area contributed by atoms with E-state index in [0.717, 1.165) is 39.8 Å². The van der Waals surface area contributed by atoms with Crippen LogP contribution < -0.4 is 16.0 Å². The molecule has 0 aliphatic rings. The van der Waals surface area contributed by atoms with Crippen LogP contribution in [0.1, 0.15) is 41.5 Å². The van der Waals surface area contributed by atoms with Crippen molar-refractivity contribution in [2.24, 2.45) is 21.8 Å². The second kappa shape index (κ2) is 13.9. The molecular weight excluding hydrogens is 486 g/mol. The fourth-order valence-corrected chi connectivity index (χ4v) is 3.34. The first-order valence-electron chi connectivity index (χ1n) is 13.1. The van der Waals surface area contributed by atoms with Crippen LogP contribution in [-0.2, 0) is 9.59 Å². The Morgan fingerprint density at radius 2 is 1.03 bits per heavy atom. The molecule has 0 radical (unpaired) electrons. The van der Waals surface area contributed by atoms with Gasteiger partial charge in [-0.05, 0) is 98.8 Å². The van der Waals surface area contributed by atoms with Crippen LogP contribution in [0.2, 0.25) is 0 Å². The number of rotatable bonds is 10. The fraction of sp³-hybridized carbons (Fsp3) is 0.250. The van der Waals surface area contributed by atoms with Crippen LogP contribution in [0.25, 0.3) is 0 Å². The van der Waals surface area contributed by atoms with E-state index < -0.39 is 0 Å². The van der Waals surface area contributed by atoms with Crippen molar-refractivity contribution in [3.63, 3.8) is 0 Å². The minimum Gasteiger partial charge on any atom is -0.356 e. The number of benzene rings is 3. The van der Waals surface area contributed by atoms with E-state index in [1.807, 2.05) is 113 Å². The van der Waals surface area contributed by atoms with E-state index in [1.54, 1.807) is 13.0 Å². The van der Waals surface area contributed by atoms with Crippen molar-refractivity contribution in [1.82, 2.24) is 0 Å². The van der Waals surface area contributed by atoms with E-state index in [0.29, 0.717) is 5.71 Å². The van der Waals surface area contributed by atoms with Gasteiger partial charge in [-0.15, -0.1) is 0 Å². The van der Waals surface area contributed by atoms with Gasteiger partial charge < -0.3 is 16.0 Å². The molecule has 7 nitrogen and oxygen atoms in total. The molecule has 3 rings (SSSR count). The van der Waals surface area contributed by atoms with E-state index in [4.69, 9.17) is 0 Å². The zero-order valence-corrected chi connectivity index (χ0v) is 23.4. The second-order valence-corrected chi connectivity index (χ2v) is 9.93. The van der Waals surface area contributed by atoms with Gasteiger partial charge >= 0.3 is 0 Å². The quantitative estimate of drug-likeness (QED) is 0.234. The summed E-state index contributed by atoms with van der Waals surface area (Å²) in [5.41, 5.74) is 6.92. The molecule has 3 aromatic rings. The Labute approximate surface area is 231 Å². The topological polar surface area (TPSA) is 95.0 Å². The first-order chi connectivity index (χ1) is 18.6. The summed E-state index contributed by atoms with van der Waals surface area (Å²) in [7, 11) is 0. The molecule has 0 atom stereocenters. The largest absolute Gasteiger partial charge is 0.356 e. The van der Waals surface area contributed by atoms with E-state index in [1.165, 1.54) is 0 Å². The van der Waals surface area contributed by atoms with Crippen LogP contribution in [0.5, 0.6) is 0 Å². The Morgan fingerprint density at radius 3 is 1.46 bits per heavy atom. The van der Waals surface area contributed by atoms with Crippen molar-refractivity contribution in [3.8, 4) is 0 Å². The van der Waals surface area contributed by atoms with Gasteiger partial charge in [0.1, 0.15) is 0 Å². The zero-order valence-electron chi connectivity index (χ0n) is 23.4. The van der Waals surface area contributed by atoms with E-state index >= 15 is 0 Å². The number of carbonyl (C=O) groups is 2. The average molecular weight is 524 g/mol. The van der Waals surface area contributed by atoms with Gasteiger partial charge in [-0.2, -0.15) is 0 Å². The molecule has 3 N–H and O–H groups in total. The van der Waals surface area contributed by atoms with Crippen LogP contribution in [0.3, 0.4) is 0 Å².